The molecule has 3 aromatic rings. The van der Waals surface area contributed by atoms with E-state index >= 15 is 0 Å². The molecule has 5 heteroatoms. The van der Waals surface area contributed by atoms with Crippen LogP contribution in [-0.4, -0.2) is 21.2 Å². The summed E-state index contributed by atoms with van der Waals surface area (Å²) >= 11 is 0. The summed E-state index contributed by atoms with van der Waals surface area (Å²) < 4.78 is 8.49. The summed E-state index contributed by atoms with van der Waals surface area (Å²) in [6.07, 6.45) is 1.69. The summed E-state index contributed by atoms with van der Waals surface area (Å²) in [5.41, 5.74) is 2.48. The third-order valence-electron chi connectivity index (χ3n) is 3.37. The molecule has 3 rings (SSSR count). The Morgan fingerprint density at radius 3 is 2.90 bits per heavy atom. The molecule has 0 aliphatic carbocycles. The van der Waals surface area contributed by atoms with Crippen molar-refractivity contribution in [3.05, 3.63) is 58.6 Å². The molecule has 1 aromatic carbocycles. The zero-order chi connectivity index (χ0) is 14.1. The highest BCUT2D eigenvalue weighted by Crippen LogP contribution is 2.15. The van der Waals surface area contributed by atoms with Gasteiger partial charge in [0.2, 0.25) is 0 Å². The molecule has 0 spiro atoms. The van der Waals surface area contributed by atoms with Crippen molar-refractivity contribution in [3.63, 3.8) is 0 Å². The first-order chi connectivity index (χ1) is 9.70. The number of pyridine rings is 1. The second-order valence-corrected chi connectivity index (χ2v) is 4.63. The molecule has 0 aliphatic rings. The van der Waals surface area contributed by atoms with Gasteiger partial charge in [-0.2, -0.15) is 0 Å². The van der Waals surface area contributed by atoms with Crippen LogP contribution in [0.5, 0.6) is 5.75 Å². The minimum absolute atomic E-state index is 0.0680. The summed E-state index contributed by atoms with van der Waals surface area (Å²) in [6, 6.07) is 11.5. The first-order valence-corrected chi connectivity index (χ1v) is 6.34. The Bertz CT molecular complexity index is 817. The summed E-state index contributed by atoms with van der Waals surface area (Å²) in [5, 5.41) is 0. The minimum atomic E-state index is -0.0680. The maximum atomic E-state index is 12.3. The Labute approximate surface area is 116 Å². The fourth-order valence-corrected chi connectivity index (χ4v) is 2.34. The third kappa shape index (κ3) is 1.97. The standard InChI is InChI=1S/C15H15N3O2/c1-17-14-13(7-4-8-16-14)18(15(17)19)10-11-5-3-6-12(9-11)20-2/h3-9H,10H2,1-2H3. The van der Waals surface area contributed by atoms with E-state index < -0.39 is 0 Å². The van der Waals surface area contributed by atoms with E-state index in [0.29, 0.717) is 12.2 Å². The van der Waals surface area contributed by atoms with Crippen LogP contribution in [0.3, 0.4) is 0 Å². The lowest BCUT2D eigenvalue weighted by atomic mass is 10.2. The molecule has 0 saturated carbocycles. The van der Waals surface area contributed by atoms with Gasteiger partial charge in [-0.15, -0.1) is 0 Å². The maximum Gasteiger partial charge on any atom is 0.330 e. The van der Waals surface area contributed by atoms with Crippen molar-refractivity contribution in [3.8, 4) is 5.75 Å². The number of fused-ring (bicyclic) bond motifs is 1. The Kier molecular flexibility index (Phi) is 3.02. The quantitative estimate of drug-likeness (QED) is 0.728. The van der Waals surface area contributed by atoms with Gasteiger partial charge in [-0.25, -0.2) is 9.78 Å². The Morgan fingerprint density at radius 1 is 1.25 bits per heavy atom. The Balaban J connectivity index is 2.11. The number of benzene rings is 1. The van der Waals surface area contributed by atoms with Crippen molar-refractivity contribution in [1.29, 1.82) is 0 Å². The second-order valence-electron chi connectivity index (χ2n) is 4.63. The smallest absolute Gasteiger partial charge is 0.330 e. The molecule has 0 bridgehead atoms. The van der Waals surface area contributed by atoms with Gasteiger partial charge in [0.25, 0.3) is 0 Å². The highest BCUT2D eigenvalue weighted by Gasteiger charge is 2.11. The molecule has 0 saturated heterocycles. The van der Waals surface area contributed by atoms with E-state index in [0.717, 1.165) is 16.8 Å². The van der Waals surface area contributed by atoms with Crippen LogP contribution in [0.15, 0.2) is 47.4 Å². The zero-order valence-corrected chi connectivity index (χ0v) is 11.4. The largest absolute Gasteiger partial charge is 0.497 e. The number of ether oxygens (including phenoxy) is 1. The normalized spacial score (nSPS) is 10.9. The van der Waals surface area contributed by atoms with Crippen molar-refractivity contribution in [2.24, 2.45) is 7.05 Å². The fraction of sp³-hybridized carbons (Fsp3) is 0.200. The van der Waals surface area contributed by atoms with Crippen molar-refractivity contribution in [1.82, 2.24) is 14.1 Å². The van der Waals surface area contributed by atoms with Crippen molar-refractivity contribution in [2.45, 2.75) is 6.54 Å². The highest BCUT2D eigenvalue weighted by molar-refractivity contribution is 5.71. The van der Waals surface area contributed by atoms with E-state index in [9.17, 15) is 4.79 Å². The average Bonchev–Trinajstić information content (AvgIpc) is 2.73. The molecule has 5 nitrogen and oxygen atoms in total. The Morgan fingerprint density at radius 2 is 2.10 bits per heavy atom. The third-order valence-corrected chi connectivity index (χ3v) is 3.37. The van der Waals surface area contributed by atoms with Crippen molar-refractivity contribution >= 4 is 11.2 Å². The maximum absolute atomic E-state index is 12.3. The van der Waals surface area contributed by atoms with Crippen LogP contribution in [0, 0.1) is 0 Å². The van der Waals surface area contributed by atoms with Gasteiger partial charge in [-0.05, 0) is 29.8 Å². The van der Waals surface area contributed by atoms with Gasteiger partial charge in [-0.3, -0.25) is 9.13 Å². The van der Waals surface area contributed by atoms with Gasteiger partial charge in [0, 0.05) is 13.2 Å². The SMILES string of the molecule is COc1cccc(Cn2c(=O)n(C)c3ncccc32)c1. The molecule has 0 fully saturated rings. The number of hydrogen-bond acceptors (Lipinski definition) is 3. The van der Waals surface area contributed by atoms with Crippen LogP contribution in [0.4, 0.5) is 0 Å². The summed E-state index contributed by atoms with van der Waals surface area (Å²) in [6.45, 7) is 0.499. The molecule has 102 valence electrons. The molecule has 2 heterocycles. The fourth-order valence-electron chi connectivity index (χ4n) is 2.34. The number of methoxy groups -OCH3 is 1. The molecule has 0 radical (unpaired) electrons. The van der Waals surface area contributed by atoms with Gasteiger partial charge in [0.1, 0.15) is 5.75 Å². The van der Waals surface area contributed by atoms with Crippen LogP contribution < -0.4 is 10.4 Å². The van der Waals surface area contributed by atoms with Crippen LogP contribution in [0.2, 0.25) is 0 Å². The highest BCUT2D eigenvalue weighted by atomic mass is 16.5. The van der Waals surface area contributed by atoms with E-state index in [-0.39, 0.29) is 5.69 Å². The topological polar surface area (TPSA) is 49.0 Å². The number of rotatable bonds is 3. The van der Waals surface area contributed by atoms with Gasteiger partial charge in [0.15, 0.2) is 5.65 Å². The lowest BCUT2D eigenvalue weighted by Gasteiger charge is -2.05. The first-order valence-electron chi connectivity index (χ1n) is 6.34. The van der Waals surface area contributed by atoms with Gasteiger partial charge in [0.05, 0.1) is 19.2 Å². The average molecular weight is 269 g/mol. The zero-order valence-electron chi connectivity index (χ0n) is 11.4. The minimum Gasteiger partial charge on any atom is -0.497 e. The molecule has 0 N–H and O–H groups in total. The lowest BCUT2D eigenvalue weighted by molar-refractivity contribution is 0.414. The number of nitrogens with zero attached hydrogens (tertiary/aromatic N) is 3. The van der Waals surface area contributed by atoms with Crippen LogP contribution in [0.25, 0.3) is 11.2 Å². The van der Waals surface area contributed by atoms with E-state index in [1.165, 1.54) is 0 Å². The van der Waals surface area contributed by atoms with Gasteiger partial charge >= 0.3 is 5.69 Å². The molecule has 0 aliphatic heterocycles. The summed E-state index contributed by atoms with van der Waals surface area (Å²) in [5.74, 6) is 0.786. The van der Waals surface area contributed by atoms with E-state index in [1.807, 2.05) is 36.4 Å². The molecule has 0 atom stereocenters. The van der Waals surface area contributed by atoms with Crippen molar-refractivity contribution < 1.29 is 4.74 Å². The molecule has 2 aromatic heterocycles. The second kappa shape index (κ2) is 4.85. The Hall–Kier alpha value is -2.56. The lowest BCUT2D eigenvalue weighted by Crippen LogP contribution is -2.22. The van der Waals surface area contributed by atoms with E-state index in [2.05, 4.69) is 4.98 Å². The van der Waals surface area contributed by atoms with Crippen molar-refractivity contribution in [2.75, 3.05) is 7.11 Å². The van der Waals surface area contributed by atoms with Gasteiger partial charge in [-0.1, -0.05) is 12.1 Å². The number of hydrogen-bond donors (Lipinski definition) is 0. The van der Waals surface area contributed by atoms with Crippen LogP contribution >= 0.6 is 0 Å². The molecule has 0 unspecified atom stereocenters. The predicted octanol–water partition coefficient (Wildman–Crippen LogP) is 1.79. The van der Waals surface area contributed by atoms with E-state index in [1.54, 1.807) is 29.5 Å². The van der Waals surface area contributed by atoms with E-state index in [4.69, 9.17) is 4.74 Å². The van der Waals surface area contributed by atoms with Crippen LogP contribution in [-0.2, 0) is 13.6 Å². The van der Waals surface area contributed by atoms with Gasteiger partial charge < -0.3 is 4.74 Å². The monoisotopic (exact) mass is 269 g/mol. The number of aryl methyl sites for hydroxylation is 1. The molecular formula is C15H15N3O2. The predicted molar refractivity (Wildman–Crippen MR) is 77.1 cm³/mol. The number of aromatic nitrogens is 3. The summed E-state index contributed by atoms with van der Waals surface area (Å²) in [4.78, 5) is 16.6. The number of imidazole rings is 1. The van der Waals surface area contributed by atoms with Crippen LogP contribution in [0.1, 0.15) is 5.56 Å². The molecule has 0 amide bonds. The first kappa shape index (κ1) is 12.5. The summed E-state index contributed by atoms with van der Waals surface area (Å²) in [7, 11) is 3.37. The molecular weight excluding hydrogens is 254 g/mol. The molecule has 20 heavy (non-hydrogen) atoms.